The van der Waals surface area contributed by atoms with E-state index in [4.69, 9.17) is 11.6 Å². The van der Waals surface area contributed by atoms with Gasteiger partial charge < -0.3 is 10.2 Å². The molecule has 0 radical (unpaired) electrons. The molecule has 10 heteroatoms. The van der Waals surface area contributed by atoms with Crippen LogP contribution in [0.2, 0.25) is 5.02 Å². The summed E-state index contributed by atoms with van der Waals surface area (Å²) in [4.78, 5) is 27.2. The summed E-state index contributed by atoms with van der Waals surface area (Å²) >= 11 is 5.93. The van der Waals surface area contributed by atoms with Gasteiger partial charge in [0.05, 0.1) is 11.9 Å². The number of nitrogens with zero attached hydrogens (tertiary/aromatic N) is 2. The Balaban J connectivity index is 2.36. The normalized spacial score (nSPS) is 12.3. The number of rotatable bonds is 9. The van der Waals surface area contributed by atoms with Crippen LogP contribution in [-0.4, -0.2) is 50.0 Å². The van der Waals surface area contributed by atoms with E-state index < -0.39 is 34.3 Å². The van der Waals surface area contributed by atoms with Crippen molar-refractivity contribution in [1.29, 1.82) is 0 Å². The van der Waals surface area contributed by atoms with E-state index in [-0.39, 0.29) is 24.2 Å². The van der Waals surface area contributed by atoms with Gasteiger partial charge in [-0.3, -0.25) is 13.9 Å². The van der Waals surface area contributed by atoms with E-state index in [9.17, 15) is 22.4 Å². The number of halogens is 2. The van der Waals surface area contributed by atoms with Gasteiger partial charge in [0.25, 0.3) is 0 Å². The number of anilines is 1. The minimum atomic E-state index is -3.86. The summed E-state index contributed by atoms with van der Waals surface area (Å²) in [6.07, 6.45) is 0.960. The van der Waals surface area contributed by atoms with Gasteiger partial charge in [-0.05, 0) is 62.7 Å². The van der Waals surface area contributed by atoms with Crippen LogP contribution in [0.15, 0.2) is 48.5 Å². The quantitative estimate of drug-likeness (QED) is 0.593. The molecule has 1 N–H and O–H groups in total. The molecule has 2 rings (SSSR count). The molecular formula is C22H27ClFN3O4S. The SMILES string of the molecule is CC(C)NC(=O)[C@H](C)N(Cc1ccc(Cl)cc1)C(=O)CN(c1ccc(F)cc1)S(C)(=O)=O. The van der Waals surface area contributed by atoms with E-state index in [1.807, 2.05) is 0 Å². The summed E-state index contributed by atoms with van der Waals surface area (Å²) in [7, 11) is -3.86. The van der Waals surface area contributed by atoms with Crippen molar-refractivity contribution in [3.63, 3.8) is 0 Å². The van der Waals surface area contributed by atoms with Crippen LogP contribution in [0.3, 0.4) is 0 Å². The van der Waals surface area contributed by atoms with Crippen LogP contribution >= 0.6 is 11.6 Å². The molecular weight excluding hydrogens is 457 g/mol. The molecule has 0 aromatic heterocycles. The minimum absolute atomic E-state index is 0.0731. The Labute approximate surface area is 193 Å². The van der Waals surface area contributed by atoms with Crippen molar-refractivity contribution in [3.8, 4) is 0 Å². The number of nitrogens with one attached hydrogen (secondary N) is 1. The molecule has 0 saturated carbocycles. The molecule has 0 aliphatic heterocycles. The number of carbonyl (C=O) groups excluding carboxylic acids is 2. The van der Waals surface area contributed by atoms with E-state index in [1.165, 1.54) is 17.0 Å². The maximum absolute atomic E-state index is 13.3. The van der Waals surface area contributed by atoms with Crippen LogP contribution in [-0.2, 0) is 26.2 Å². The predicted octanol–water partition coefficient (Wildman–Crippen LogP) is 3.19. The summed E-state index contributed by atoms with van der Waals surface area (Å²) in [5.74, 6) is -1.48. The van der Waals surface area contributed by atoms with Crippen LogP contribution in [0.1, 0.15) is 26.3 Å². The first-order valence-corrected chi connectivity index (χ1v) is 12.2. The Morgan fingerprint density at radius 1 is 1.03 bits per heavy atom. The highest BCUT2D eigenvalue weighted by atomic mass is 35.5. The number of carbonyl (C=O) groups is 2. The van der Waals surface area contributed by atoms with E-state index in [0.29, 0.717) is 5.02 Å². The van der Waals surface area contributed by atoms with Gasteiger partial charge in [-0.25, -0.2) is 12.8 Å². The first kappa shape index (κ1) is 25.6. The molecule has 1 atom stereocenters. The fraction of sp³-hybridized carbons (Fsp3) is 0.364. The van der Waals surface area contributed by atoms with Gasteiger partial charge in [0.1, 0.15) is 18.4 Å². The number of benzene rings is 2. The molecule has 0 saturated heterocycles. The Hall–Kier alpha value is -2.65. The fourth-order valence-corrected chi connectivity index (χ4v) is 3.97. The van der Waals surface area contributed by atoms with Gasteiger partial charge in [0.15, 0.2) is 0 Å². The minimum Gasteiger partial charge on any atom is -0.352 e. The van der Waals surface area contributed by atoms with Crippen molar-refractivity contribution in [3.05, 3.63) is 64.9 Å². The van der Waals surface area contributed by atoms with Crippen molar-refractivity contribution >= 4 is 39.1 Å². The maximum Gasteiger partial charge on any atom is 0.244 e. The molecule has 0 heterocycles. The summed E-state index contributed by atoms with van der Waals surface area (Å²) in [5, 5.41) is 3.29. The van der Waals surface area contributed by atoms with Gasteiger partial charge >= 0.3 is 0 Å². The predicted molar refractivity (Wildman–Crippen MR) is 123 cm³/mol. The number of amides is 2. The molecule has 174 valence electrons. The highest BCUT2D eigenvalue weighted by Crippen LogP contribution is 2.20. The van der Waals surface area contributed by atoms with Crippen molar-refractivity contribution in [2.45, 2.75) is 39.4 Å². The third-order valence-electron chi connectivity index (χ3n) is 4.66. The second-order valence-electron chi connectivity index (χ2n) is 7.73. The number of sulfonamides is 1. The van der Waals surface area contributed by atoms with Crippen molar-refractivity contribution in [2.75, 3.05) is 17.1 Å². The monoisotopic (exact) mass is 483 g/mol. The molecule has 0 spiro atoms. The van der Waals surface area contributed by atoms with Crippen LogP contribution in [0.25, 0.3) is 0 Å². The third-order valence-corrected chi connectivity index (χ3v) is 6.05. The Bertz CT molecular complexity index is 1040. The molecule has 0 aliphatic carbocycles. The molecule has 0 fully saturated rings. The highest BCUT2D eigenvalue weighted by Gasteiger charge is 2.30. The molecule has 2 aromatic carbocycles. The zero-order valence-corrected chi connectivity index (χ0v) is 20.0. The largest absolute Gasteiger partial charge is 0.352 e. The fourth-order valence-electron chi connectivity index (χ4n) is 3.00. The Morgan fingerprint density at radius 3 is 2.09 bits per heavy atom. The van der Waals surface area contributed by atoms with Crippen LogP contribution in [0.5, 0.6) is 0 Å². The topological polar surface area (TPSA) is 86.8 Å². The first-order valence-electron chi connectivity index (χ1n) is 9.96. The number of hydrogen-bond donors (Lipinski definition) is 1. The number of hydrogen-bond acceptors (Lipinski definition) is 4. The standard InChI is InChI=1S/C22H27ClFN3O4S/c1-15(2)25-22(29)16(3)26(13-17-5-7-18(23)8-6-17)21(28)14-27(32(4,30)31)20-11-9-19(24)10-12-20/h5-12,15-16H,13-14H2,1-4H3,(H,25,29)/t16-/m0/s1. The van der Waals surface area contributed by atoms with E-state index in [0.717, 1.165) is 28.3 Å². The Kier molecular flexibility index (Phi) is 8.63. The lowest BCUT2D eigenvalue weighted by molar-refractivity contribution is -0.139. The van der Waals surface area contributed by atoms with Gasteiger partial charge in [-0.15, -0.1) is 0 Å². The summed E-state index contributed by atoms with van der Waals surface area (Å²) in [6, 6.07) is 10.6. The smallest absolute Gasteiger partial charge is 0.244 e. The second kappa shape index (κ2) is 10.8. The Morgan fingerprint density at radius 2 is 1.59 bits per heavy atom. The van der Waals surface area contributed by atoms with Gasteiger partial charge in [-0.2, -0.15) is 0 Å². The zero-order chi connectivity index (χ0) is 24.1. The molecule has 32 heavy (non-hydrogen) atoms. The average Bonchev–Trinajstić information content (AvgIpc) is 2.70. The van der Waals surface area contributed by atoms with Crippen LogP contribution in [0, 0.1) is 5.82 Å². The molecule has 2 aromatic rings. The van der Waals surface area contributed by atoms with Gasteiger partial charge in [0, 0.05) is 17.6 Å². The maximum atomic E-state index is 13.3. The van der Waals surface area contributed by atoms with Crippen LogP contribution < -0.4 is 9.62 Å². The van der Waals surface area contributed by atoms with Crippen molar-refractivity contribution in [1.82, 2.24) is 10.2 Å². The first-order chi connectivity index (χ1) is 14.9. The highest BCUT2D eigenvalue weighted by molar-refractivity contribution is 7.92. The lowest BCUT2D eigenvalue weighted by Gasteiger charge is -2.31. The zero-order valence-electron chi connectivity index (χ0n) is 18.4. The van der Waals surface area contributed by atoms with Gasteiger partial charge in [0.2, 0.25) is 21.8 Å². The molecule has 7 nitrogen and oxygen atoms in total. The lowest BCUT2D eigenvalue weighted by Crippen LogP contribution is -2.52. The van der Waals surface area contributed by atoms with Crippen molar-refractivity contribution in [2.24, 2.45) is 0 Å². The van der Waals surface area contributed by atoms with E-state index in [1.54, 1.807) is 45.0 Å². The lowest BCUT2D eigenvalue weighted by atomic mass is 10.1. The van der Waals surface area contributed by atoms with Crippen molar-refractivity contribution < 1.29 is 22.4 Å². The summed E-state index contributed by atoms with van der Waals surface area (Å²) < 4.78 is 39.0. The van der Waals surface area contributed by atoms with E-state index >= 15 is 0 Å². The third kappa shape index (κ3) is 7.20. The van der Waals surface area contributed by atoms with Crippen LogP contribution in [0.4, 0.5) is 10.1 Å². The summed E-state index contributed by atoms with van der Waals surface area (Å²) in [6.45, 7) is 4.71. The van der Waals surface area contributed by atoms with E-state index in [2.05, 4.69) is 5.32 Å². The average molecular weight is 484 g/mol. The van der Waals surface area contributed by atoms with Gasteiger partial charge in [-0.1, -0.05) is 23.7 Å². The molecule has 0 unspecified atom stereocenters. The molecule has 0 aliphatic rings. The summed E-state index contributed by atoms with van der Waals surface area (Å²) in [5.41, 5.74) is 0.868. The molecule has 2 amide bonds. The molecule has 0 bridgehead atoms. The second-order valence-corrected chi connectivity index (χ2v) is 10.1.